The topological polar surface area (TPSA) is 104 Å². The third kappa shape index (κ3) is 4.02. The average molecular weight is 372 g/mol. The zero-order valence-corrected chi connectivity index (χ0v) is 15.1. The van der Waals surface area contributed by atoms with E-state index in [1.807, 2.05) is 30.3 Å². The van der Waals surface area contributed by atoms with Crippen molar-refractivity contribution in [2.24, 2.45) is 11.3 Å². The van der Waals surface area contributed by atoms with Gasteiger partial charge < -0.3 is 15.3 Å². The van der Waals surface area contributed by atoms with Gasteiger partial charge in [0.2, 0.25) is 11.8 Å². The number of likely N-dealkylation sites (tertiary alicyclic amines) is 1. The molecule has 0 bridgehead atoms. The maximum atomic E-state index is 13.1. The van der Waals surface area contributed by atoms with Crippen LogP contribution in [0.3, 0.4) is 0 Å². The van der Waals surface area contributed by atoms with E-state index < -0.39 is 35.7 Å². The van der Waals surface area contributed by atoms with Crippen LogP contribution in [0.2, 0.25) is 0 Å². The second kappa shape index (κ2) is 7.90. The minimum absolute atomic E-state index is 0.322. The Kier molecular flexibility index (Phi) is 5.58. The van der Waals surface area contributed by atoms with Crippen LogP contribution in [0.5, 0.6) is 0 Å². The lowest BCUT2D eigenvalue weighted by atomic mass is 9.65. The summed E-state index contributed by atoms with van der Waals surface area (Å²) >= 11 is 0. The van der Waals surface area contributed by atoms with Gasteiger partial charge in [0.15, 0.2) is 11.7 Å². The third-order valence-corrected chi connectivity index (χ3v) is 5.54. The molecule has 1 unspecified atom stereocenters. The molecule has 1 spiro atoms. The van der Waals surface area contributed by atoms with E-state index in [0.717, 1.165) is 24.8 Å². The molecule has 1 saturated heterocycles. The molecule has 1 aliphatic carbocycles. The van der Waals surface area contributed by atoms with Gasteiger partial charge in [-0.15, -0.1) is 0 Å². The number of carboxylic acid groups (broad SMARTS) is 1. The summed E-state index contributed by atoms with van der Waals surface area (Å²) in [6.45, 7) is 0.0429. The molecule has 1 aromatic rings. The fraction of sp³-hybridized carbons (Fsp3) is 0.500. The number of carbonyl (C=O) groups excluding carboxylic acids is 3. The molecule has 0 radical (unpaired) electrons. The van der Waals surface area contributed by atoms with Crippen molar-refractivity contribution < 1.29 is 24.3 Å². The summed E-state index contributed by atoms with van der Waals surface area (Å²) in [6.07, 6.45) is 4.14. The van der Waals surface area contributed by atoms with E-state index in [-0.39, 0.29) is 5.78 Å². The normalized spacial score (nSPS) is 21.9. The van der Waals surface area contributed by atoms with Crippen molar-refractivity contribution in [2.45, 2.75) is 38.6 Å². The molecular weight excluding hydrogens is 348 g/mol. The molecule has 2 N–H and O–H groups in total. The second-order valence-electron chi connectivity index (χ2n) is 7.43. The van der Waals surface area contributed by atoms with Crippen molar-refractivity contribution in [2.75, 3.05) is 13.1 Å². The fourth-order valence-corrected chi connectivity index (χ4v) is 4.19. The van der Waals surface area contributed by atoms with Crippen LogP contribution in [0.4, 0.5) is 0 Å². The highest BCUT2D eigenvalue weighted by Crippen LogP contribution is 2.43. The van der Waals surface area contributed by atoms with Crippen LogP contribution >= 0.6 is 0 Å². The first-order valence-electron chi connectivity index (χ1n) is 9.29. The Balaban J connectivity index is 1.88. The Hall–Kier alpha value is -2.70. The van der Waals surface area contributed by atoms with Crippen LogP contribution in [-0.2, 0) is 25.7 Å². The lowest BCUT2D eigenvalue weighted by molar-refractivity contribution is -0.161. The Bertz CT molecular complexity index is 740. The number of carboxylic acids is 1. The van der Waals surface area contributed by atoms with Gasteiger partial charge in [-0.25, -0.2) is 0 Å². The highest BCUT2D eigenvalue weighted by atomic mass is 16.4. The van der Waals surface area contributed by atoms with Crippen LogP contribution in [0.15, 0.2) is 30.3 Å². The largest absolute Gasteiger partial charge is 0.480 e. The standard InChI is InChI=1S/C20H24N2O5/c23-15(24)11-21-18(26)16-17(25)20(9-5-2-6-10-20)13-22(19(16)27)12-14-7-3-1-4-8-14/h1,3-4,7-8,16H,2,5-6,9-13H2,(H,21,26)(H,23,24). The summed E-state index contributed by atoms with van der Waals surface area (Å²) in [6, 6.07) is 9.44. The number of nitrogens with zero attached hydrogens (tertiary/aromatic N) is 1. The number of carbonyl (C=O) groups is 4. The number of aliphatic carboxylic acids is 1. The molecule has 0 aromatic heterocycles. The maximum Gasteiger partial charge on any atom is 0.322 e. The molecule has 7 nitrogen and oxygen atoms in total. The molecule has 144 valence electrons. The Morgan fingerprint density at radius 2 is 1.78 bits per heavy atom. The van der Waals surface area contributed by atoms with Crippen LogP contribution in [0.1, 0.15) is 37.7 Å². The molecule has 2 amide bonds. The molecule has 2 aliphatic rings. The molecule has 1 heterocycles. The smallest absolute Gasteiger partial charge is 0.322 e. The molecule has 2 fully saturated rings. The molecule has 1 saturated carbocycles. The van der Waals surface area contributed by atoms with Gasteiger partial charge in [0.1, 0.15) is 6.54 Å². The molecule has 7 heteroatoms. The zero-order chi connectivity index (χ0) is 19.4. The van der Waals surface area contributed by atoms with Gasteiger partial charge in [-0.3, -0.25) is 19.2 Å². The molecule has 27 heavy (non-hydrogen) atoms. The van der Waals surface area contributed by atoms with Crippen molar-refractivity contribution >= 4 is 23.6 Å². The molecule has 1 aliphatic heterocycles. The van der Waals surface area contributed by atoms with Gasteiger partial charge in [0.05, 0.1) is 0 Å². The summed E-state index contributed by atoms with van der Waals surface area (Å²) in [5, 5.41) is 11.0. The summed E-state index contributed by atoms with van der Waals surface area (Å²) in [5.74, 6) is -4.37. The minimum atomic E-state index is -1.46. The van der Waals surface area contributed by atoms with E-state index in [9.17, 15) is 19.2 Å². The second-order valence-corrected chi connectivity index (χ2v) is 7.43. The number of hydrogen-bond acceptors (Lipinski definition) is 4. The number of hydrogen-bond donors (Lipinski definition) is 2. The monoisotopic (exact) mass is 372 g/mol. The Labute approximate surface area is 157 Å². The van der Waals surface area contributed by atoms with E-state index in [1.165, 1.54) is 0 Å². The lowest BCUT2D eigenvalue weighted by Gasteiger charge is -2.46. The van der Waals surface area contributed by atoms with Gasteiger partial charge >= 0.3 is 5.97 Å². The predicted molar refractivity (Wildman–Crippen MR) is 96.5 cm³/mol. The van der Waals surface area contributed by atoms with E-state index in [4.69, 9.17) is 5.11 Å². The summed E-state index contributed by atoms with van der Waals surface area (Å²) < 4.78 is 0. The number of nitrogens with one attached hydrogen (secondary N) is 1. The van der Waals surface area contributed by atoms with Gasteiger partial charge in [0, 0.05) is 18.5 Å². The lowest BCUT2D eigenvalue weighted by Crippen LogP contribution is -2.61. The molecule has 1 aromatic carbocycles. The number of Topliss-reactive ketones (excluding diaryl/α,β-unsaturated/α-hetero) is 1. The van der Waals surface area contributed by atoms with Crippen molar-refractivity contribution in [1.82, 2.24) is 10.2 Å². The zero-order valence-electron chi connectivity index (χ0n) is 15.1. The SMILES string of the molecule is O=C(O)CNC(=O)C1C(=O)N(Cc2ccccc2)CC2(CCCCC2)C1=O. The number of amides is 2. The first-order valence-corrected chi connectivity index (χ1v) is 9.29. The number of piperidine rings is 1. The fourth-order valence-electron chi connectivity index (χ4n) is 4.19. The number of rotatable bonds is 5. The summed E-state index contributed by atoms with van der Waals surface area (Å²) in [4.78, 5) is 50.9. The van der Waals surface area contributed by atoms with Crippen LogP contribution < -0.4 is 5.32 Å². The summed E-state index contributed by atoms with van der Waals surface area (Å²) in [7, 11) is 0. The first kappa shape index (κ1) is 19.1. The third-order valence-electron chi connectivity index (χ3n) is 5.54. The Morgan fingerprint density at radius 1 is 1.11 bits per heavy atom. The van der Waals surface area contributed by atoms with Gasteiger partial charge in [-0.05, 0) is 18.4 Å². The number of ketones is 1. The van der Waals surface area contributed by atoms with Crippen LogP contribution in [-0.4, -0.2) is 46.7 Å². The van der Waals surface area contributed by atoms with E-state index in [0.29, 0.717) is 25.9 Å². The van der Waals surface area contributed by atoms with Gasteiger partial charge in [0.25, 0.3) is 0 Å². The summed E-state index contributed by atoms with van der Waals surface area (Å²) in [5.41, 5.74) is 0.225. The van der Waals surface area contributed by atoms with E-state index in [1.54, 1.807) is 4.90 Å². The molecule has 3 rings (SSSR count). The van der Waals surface area contributed by atoms with Crippen molar-refractivity contribution in [1.29, 1.82) is 0 Å². The highest BCUT2D eigenvalue weighted by molar-refractivity contribution is 6.21. The molecule has 1 atom stereocenters. The van der Waals surface area contributed by atoms with E-state index >= 15 is 0 Å². The molecular formula is C20H24N2O5. The first-order chi connectivity index (χ1) is 12.9. The van der Waals surface area contributed by atoms with Gasteiger partial charge in [-0.2, -0.15) is 0 Å². The quantitative estimate of drug-likeness (QED) is 0.760. The van der Waals surface area contributed by atoms with Gasteiger partial charge in [-0.1, -0.05) is 49.6 Å². The number of benzene rings is 1. The van der Waals surface area contributed by atoms with Crippen molar-refractivity contribution in [3.8, 4) is 0 Å². The Morgan fingerprint density at radius 3 is 2.41 bits per heavy atom. The highest BCUT2D eigenvalue weighted by Gasteiger charge is 2.54. The maximum absolute atomic E-state index is 13.1. The van der Waals surface area contributed by atoms with Crippen molar-refractivity contribution in [3.05, 3.63) is 35.9 Å². The predicted octanol–water partition coefficient (Wildman–Crippen LogP) is 1.37. The average Bonchev–Trinajstić information content (AvgIpc) is 2.66. The minimum Gasteiger partial charge on any atom is -0.480 e. The van der Waals surface area contributed by atoms with Crippen LogP contribution in [0.25, 0.3) is 0 Å². The van der Waals surface area contributed by atoms with Crippen molar-refractivity contribution in [3.63, 3.8) is 0 Å². The van der Waals surface area contributed by atoms with E-state index in [2.05, 4.69) is 5.32 Å². The van der Waals surface area contributed by atoms with Crippen LogP contribution in [0, 0.1) is 11.3 Å².